The van der Waals surface area contributed by atoms with Crippen molar-refractivity contribution in [3.8, 4) is 0 Å². The number of aliphatic hydroxyl groups is 1. The molecule has 1 heteroatoms. The Morgan fingerprint density at radius 1 is 1.18 bits per heavy atom. The van der Waals surface area contributed by atoms with E-state index in [1.165, 1.54) is 5.39 Å². The minimum atomic E-state index is -0.837. The van der Waals surface area contributed by atoms with E-state index in [-0.39, 0.29) is 0 Å². The normalized spacial score (nSPS) is 14.5. The molecule has 0 unspecified atom stereocenters. The maximum Gasteiger partial charge on any atom is 0.0905 e. The summed E-state index contributed by atoms with van der Waals surface area (Å²) < 4.78 is 0. The molecule has 88 valence electrons. The molecule has 2 aromatic rings. The summed E-state index contributed by atoms with van der Waals surface area (Å²) in [5.41, 5.74) is 1.10. The van der Waals surface area contributed by atoms with Crippen molar-refractivity contribution in [1.29, 1.82) is 0 Å². The second kappa shape index (κ2) is 4.34. The lowest BCUT2D eigenvalue weighted by atomic mass is 9.88. The molecule has 0 bridgehead atoms. The third kappa shape index (κ3) is 2.56. The standard InChI is InChI=1S/C16H18O/c1-12(2)11-16(3,17)15-9-8-13-6-4-5-7-14(13)10-15/h4-10,17H,1,11H2,2-3H3/t16-/m1/s1. The van der Waals surface area contributed by atoms with Crippen LogP contribution in [0.5, 0.6) is 0 Å². The fourth-order valence-electron chi connectivity index (χ4n) is 2.21. The van der Waals surface area contributed by atoms with Gasteiger partial charge in [0.15, 0.2) is 0 Å². The molecule has 17 heavy (non-hydrogen) atoms. The van der Waals surface area contributed by atoms with Crippen molar-refractivity contribution in [3.05, 3.63) is 60.2 Å². The predicted molar refractivity (Wildman–Crippen MR) is 72.9 cm³/mol. The summed E-state index contributed by atoms with van der Waals surface area (Å²) in [6.45, 7) is 7.65. The largest absolute Gasteiger partial charge is 0.385 e. The minimum Gasteiger partial charge on any atom is -0.385 e. The van der Waals surface area contributed by atoms with Gasteiger partial charge in [0.1, 0.15) is 0 Å². The zero-order chi connectivity index (χ0) is 12.5. The zero-order valence-corrected chi connectivity index (χ0v) is 10.4. The molecule has 1 nitrogen and oxygen atoms in total. The van der Waals surface area contributed by atoms with Gasteiger partial charge in [-0.1, -0.05) is 42.0 Å². The molecule has 0 saturated carbocycles. The van der Waals surface area contributed by atoms with Gasteiger partial charge in [-0.05, 0) is 36.2 Å². The Morgan fingerprint density at radius 2 is 1.82 bits per heavy atom. The van der Waals surface area contributed by atoms with E-state index in [0.29, 0.717) is 6.42 Å². The van der Waals surface area contributed by atoms with Gasteiger partial charge in [-0.25, -0.2) is 0 Å². The van der Waals surface area contributed by atoms with Crippen molar-refractivity contribution in [2.75, 3.05) is 0 Å². The molecule has 0 fully saturated rings. The fraction of sp³-hybridized carbons (Fsp3) is 0.250. The molecule has 0 saturated heterocycles. The quantitative estimate of drug-likeness (QED) is 0.784. The van der Waals surface area contributed by atoms with Gasteiger partial charge < -0.3 is 5.11 Å². The van der Waals surface area contributed by atoms with Crippen molar-refractivity contribution >= 4 is 10.8 Å². The first-order chi connectivity index (χ1) is 7.99. The highest BCUT2D eigenvalue weighted by Crippen LogP contribution is 2.29. The van der Waals surface area contributed by atoms with E-state index in [1.54, 1.807) is 0 Å². The SMILES string of the molecule is C=C(C)C[C@@](C)(O)c1ccc2ccccc2c1. The van der Waals surface area contributed by atoms with Crippen LogP contribution in [-0.4, -0.2) is 5.11 Å². The highest BCUT2D eigenvalue weighted by atomic mass is 16.3. The van der Waals surface area contributed by atoms with Gasteiger partial charge in [-0.2, -0.15) is 0 Å². The van der Waals surface area contributed by atoms with Crippen LogP contribution in [0, 0.1) is 0 Å². The summed E-state index contributed by atoms with van der Waals surface area (Å²) in [6.07, 6.45) is 0.589. The first-order valence-electron chi connectivity index (χ1n) is 5.85. The molecule has 0 amide bonds. The van der Waals surface area contributed by atoms with Gasteiger partial charge in [0, 0.05) is 6.42 Å². The molecule has 0 aliphatic carbocycles. The third-order valence-corrected chi connectivity index (χ3v) is 3.02. The maximum atomic E-state index is 10.5. The van der Waals surface area contributed by atoms with E-state index in [9.17, 15) is 5.11 Å². The second-order valence-electron chi connectivity index (χ2n) is 4.97. The second-order valence-corrected chi connectivity index (χ2v) is 4.97. The fourth-order valence-corrected chi connectivity index (χ4v) is 2.21. The monoisotopic (exact) mass is 226 g/mol. The van der Waals surface area contributed by atoms with Crippen LogP contribution in [0.4, 0.5) is 0 Å². The van der Waals surface area contributed by atoms with Gasteiger partial charge >= 0.3 is 0 Å². The average Bonchev–Trinajstić information content (AvgIpc) is 2.26. The predicted octanol–water partition coefficient (Wildman–Crippen LogP) is 4.01. The lowest BCUT2D eigenvalue weighted by molar-refractivity contribution is 0.0579. The van der Waals surface area contributed by atoms with Crippen LogP contribution in [0.2, 0.25) is 0 Å². The Kier molecular flexibility index (Phi) is 3.03. The molecular weight excluding hydrogens is 208 g/mol. The molecule has 1 atom stereocenters. The lowest BCUT2D eigenvalue weighted by Gasteiger charge is -2.24. The van der Waals surface area contributed by atoms with Gasteiger partial charge in [-0.3, -0.25) is 0 Å². The maximum absolute atomic E-state index is 10.5. The van der Waals surface area contributed by atoms with Crippen molar-refractivity contribution < 1.29 is 5.11 Å². The number of rotatable bonds is 3. The minimum absolute atomic E-state index is 0.589. The van der Waals surface area contributed by atoms with E-state index >= 15 is 0 Å². The first-order valence-corrected chi connectivity index (χ1v) is 5.85. The molecule has 2 aromatic carbocycles. The molecule has 0 aromatic heterocycles. The van der Waals surface area contributed by atoms with Crippen LogP contribution in [0.3, 0.4) is 0 Å². The Labute approximate surface area is 102 Å². The summed E-state index contributed by atoms with van der Waals surface area (Å²) in [4.78, 5) is 0. The highest BCUT2D eigenvalue weighted by molar-refractivity contribution is 5.83. The van der Waals surface area contributed by atoms with Crippen molar-refractivity contribution in [3.63, 3.8) is 0 Å². The summed E-state index contributed by atoms with van der Waals surface area (Å²) in [6, 6.07) is 14.3. The lowest BCUT2D eigenvalue weighted by Crippen LogP contribution is -2.21. The molecule has 1 N–H and O–H groups in total. The zero-order valence-electron chi connectivity index (χ0n) is 10.4. The van der Waals surface area contributed by atoms with Crippen LogP contribution in [-0.2, 0) is 5.60 Å². The molecule has 0 heterocycles. The van der Waals surface area contributed by atoms with Crippen LogP contribution < -0.4 is 0 Å². The molecule has 0 spiro atoms. The number of fused-ring (bicyclic) bond motifs is 1. The van der Waals surface area contributed by atoms with E-state index in [4.69, 9.17) is 0 Å². The smallest absolute Gasteiger partial charge is 0.0905 e. The first kappa shape index (κ1) is 11.9. The topological polar surface area (TPSA) is 20.2 Å². The number of hydrogen-bond acceptors (Lipinski definition) is 1. The summed E-state index contributed by atoms with van der Waals surface area (Å²) in [5, 5.41) is 12.8. The summed E-state index contributed by atoms with van der Waals surface area (Å²) in [7, 11) is 0. The van der Waals surface area contributed by atoms with Crippen molar-refractivity contribution in [1.82, 2.24) is 0 Å². The Hall–Kier alpha value is -1.60. The number of hydrogen-bond donors (Lipinski definition) is 1. The summed E-state index contributed by atoms with van der Waals surface area (Å²) >= 11 is 0. The molecule has 2 rings (SSSR count). The molecule has 0 aliphatic rings. The van der Waals surface area contributed by atoms with Crippen LogP contribution in [0.1, 0.15) is 25.8 Å². The molecular formula is C16H18O. The summed E-state index contributed by atoms with van der Waals surface area (Å²) in [5.74, 6) is 0. The van der Waals surface area contributed by atoms with Gasteiger partial charge in [-0.15, -0.1) is 6.58 Å². The Balaban J connectivity index is 2.45. The van der Waals surface area contributed by atoms with Crippen molar-refractivity contribution in [2.24, 2.45) is 0 Å². The van der Waals surface area contributed by atoms with Gasteiger partial charge in [0.05, 0.1) is 5.60 Å². The van der Waals surface area contributed by atoms with Crippen LogP contribution in [0.25, 0.3) is 10.8 Å². The Bertz CT molecular complexity index is 552. The Morgan fingerprint density at radius 3 is 2.47 bits per heavy atom. The third-order valence-electron chi connectivity index (χ3n) is 3.02. The van der Waals surface area contributed by atoms with E-state index in [2.05, 4.69) is 30.8 Å². The molecule has 0 radical (unpaired) electrons. The van der Waals surface area contributed by atoms with Crippen LogP contribution >= 0.6 is 0 Å². The average molecular weight is 226 g/mol. The van der Waals surface area contributed by atoms with E-state index in [1.807, 2.05) is 32.0 Å². The molecule has 0 aliphatic heterocycles. The van der Waals surface area contributed by atoms with Crippen LogP contribution in [0.15, 0.2) is 54.6 Å². The van der Waals surface area contributed by atoms with Gasteiger partial charge in [0.25, 0.3) is 0 Å². The van der Waals surface area contributed by atoms with Gasteiger partial charge in [0.2, 0.25) is 0 Å². The highest BCUT2D eigenvalue weighted by Gasteiger charge is 2.22. The van der Waals surface area contributed by atoms with E-state index < -0.39 is 5.60 Å². The number of benzene rings is 2. The van der Waals surface area contributed by atoms with Crippen molar-refractivity contribution in [2.45, 2.75) is 25.9 Å². The van der Waals surface area contributed by atoms with E-state index in [0.717, 1.165) is 16.5 Å².